The largest absolute Gasteiger partial charge is 0.391 e. The fourth-order valence-electron chi connectivity index (χ4n) is 12.0. The van der Waals surface area contributed by atoms with Crippen LogP contribution in [0.1, 0.15) is 95.5 Å². The Labute approximate surface area is 275 Å². The summed E-state index contributed by atoms with van der Waals surface area (Å²) in [7, 11) is 0. The molecule has 1 aromatic carbocycles. The number of aliphatic hydroxyl groups excluding tert-OH is 1. The minimum atomic E-state index is -0.415. The summed E-state index contributed by atoms with van der Waals surface area (Å²) in [6, 6.07) is 11.3. The molecule has 7 heteroatoms. The molecule has 0 radical (unpaired) electrons. The third-order valence-electron chi connectivity index (χ3n) is 14.9. The molecular weight excluding hydrogens is 572 g/mol. The summed E-state index contributed by atoms with van der Waals surface area (Å²) in [5, 5.41) is 12.5. The maximum Gasteiger partial charge on any atom is 0.273 e. The van der Waals surface area contributed by atoms with E-state index in [1.54, 1.807) is 11.0 Å². The minimum Gasteiger partial charge on any atom is -0.391 e. The van der Waals surface area contributed by atoms with Gasteiger partial charge in [0.1, 0.15) is 11.7 Å². The Hall–Kier alpha value is -2.51. The first kappa shape index (κ1) is 30.8. The number of piperazine rings is 1. The molecule has 4 saturated carbocycles. The first-order valence-electron chi connectivity index (χ1n) is 18.5. The van der Waals surface area contributed by atoms with Crippen molar-refractivity contribution in [2.45, 2.75) is 103 Å². The van der Waals surface area contributed by atoms with Gasteiger partial charge in [-0.3, -0.25) is 14.5 Å². The average Bonchev–Trinajstić information content (AvgIpc) is 3.68. The van der Waals surface area contributed by atoms with Crippen molar-refractivity contribution < 1.29 is 14.7 Å². The number of hydrogen-bond acceptors (Lipinski definition) is 5. The highest BCUT2D eigenvalue weighted by molar-refractivity contribution is 5.98. The van der Waals surface area contributed by atoms with Crippen LogP contribution < -0.4 is 0 Å². The predicted molar refractivity (Wildman–Crippen MR) is 180 cm³/mol. The Kier molecular flexibility index (Phi) is 7.75. The number of hydrogen-bond donors (Lipinski definition) is 1. The second-order valence-electron chi connectivity index (χ2n) is 16.7. The van der Waals surface area contributed by atoms with Crippen LogP contribution in [0.15, 0.2) is 36.4 Å². The Morgan fingerprint density at radius 2 is 1.65 bits per heavy atom. The van der Waals surface area contributed by atoms with Crippen molar-refractivity contribution in [1.82, 2.24) is 19.7 Å². The van der Waals surface area contributed by atoms with Crippen molar-refractivity contribution in [2.75, 3.05) is 32.7 Å². The van der Waals surface area contributed by atoms with Crippen molar-refractivity contribution in [2.24, 2.45) is 40.4 Å². The zero-order valence-corrected chi connectivity index (χ0v) is 28.2. The quantitative estimate of drug-likeness (QED) is 0.452. The summed E-state index contributed by atoms with van der Waals surface area (Å²) in [5.74, 6) is 3.95. The van der Waals surface area contributed by atoms with Gasteiger partial charge in [0.15, 0.2) is 0 Å². The van der Waals surface area contributed by atoms with Crippen LogP contribution in [0.2, 0.25) is 0 Å². The molecule has 3 heterocycles. The fourth-order valence-corrected chi connectivity index (χ4v) is 12.0. The number of para-hydroxylation sites is 1. The second-order valence-corrected chi connectivity index (χ2v) is 16.7. The van der Waals surface area contributed by atoms with E-state index in [2.05, 4.69) is 30.7 Å². The maximum atomic E-state index is 13.9. The first-order valence-corrected chi connectivity index (χ1v) is 18.5. The lowest BCUT2D eigenvalue weighted by Gasteiger charge is -2.62. The molecule has 6 fully saturated rings. The molecule has 248 valence electrons. The minimum absolute atomic E-state index is 0.0775. The zero-order chi connectivity index (χ0) is 31.8. The van der Waals surface area contributed by atoms with Crippen LogP contribution in [0.5, 0.6) is 0 Å². The van der Waals surface area contributed by atoms with Gasteiger partial charge in [0.25, 0.3) is 5.91 Å². The predicted octanol–water partition coefficient (Wildman–Crippen LogP) is 6.00. The second kappa shape index (κ2) is 11.6. The number of amides is 2. The lowest BCUT2D eigenvalue weighted by atomic mass is 9.44. The lowest BCUT2D eigenvalue weighted by molar-refractivity contribution is -0.153. The van der Waals surface area contributed by atoms with Crippen molar-refractivity contribution in [3.8, 4) is 0 Å². The molecule has 2 aromatic rings. The number of nitrogens with zero attached hydrogens (tertiary/aromatic N) is 4. The molecule has 10 atom stereocenters. The van der Waals surface area contributed by atoms with E-state index in [1.165, 1.54) is 38.5 Å². The van der Waals surface area contributed by atoms with E-state index in [9.17, 15) is 14.7 Å². The van der Waals surface area contributed by atoms with Gasteiger partial charge in [0, 0.05) is 44.2 Å². The van der Waals surface area contributed by atoms with Gasteiger partial charge in [0.2, 0.25) is 5.91 Å². The third-order valence-corrected chi connectivity index (χ3v) is 14.9. The van der Waals surface area contributed by atoms with E-state index >= 15 is 0 Å². The summed E-state index contributed by atoms with van der Waals surface area (Å²) in [4.78, 5) is 38.4. The van der Waals surface area contributed by atoms with Gasteiger partial charge < -0.3 is 14.9 Å². The van der Waals surface area contributed by atoms with Gasteiger partial charge in [-0.2, -0.15) is 0 Å². The SMILES string of the molecule is C[C@H]1CCC2C3CCC4C[C@H](O)[C@@H](N5CCN(C(=O)[C@@H]6CCCN6C(=O)c6ccc7ccccc7n6)CC5)C[C@]4(C)C3CC[C@@]21C. The normalized spacial score (nSPS) is 41.2. The Morgan fingerprint density at radius 3 is 2.48 bits per heavy atom. The molecule has 4 unspecified atom stereocenters. The number of likely N-dealkylation sites (tertiary alicyclic amines) is 1. The van der Waals surface area contributed by atoms with Gasteiger partial charge >= 0.3 is 0 Å². The van der Waals surface area contributed by atoms with E-state index in [-0.39, 0.29) is 24.0 Å². The van der Waals surface area contributed by atoms with Gasteiger partial charge in [-0.05, 0) is 117 Å². The van der Waals surface area contributed by atoms with Crippen LogP contribution in [-0.2, 0) is 4.79 Å². The van der Waals surface area contributed by atoms with Gasteiger partial charge in [0.05, 0.1) is 11.6 Å². The molecule has 2 aliphatic heterocycles. The first-order chi connectivity index (χ1) is 22.2. The van der Waals surface area contributed by atoms with E-state index in [1.807, 2.05) is 35.2 Å². The summed E-state index contributed by atoms with van der Waals surface area (Å²) >= 11 is 0. The molecular formula is C39H54N4O3. The van der Waals surface area contributed by atoms with Gasteiger partial charge in [-0.1, -0.05) is 45.0 Å². The number of benzene rings is 1. The van der Waals surface area contributed by atoms with Crippen LogP contribution in [0.25, 0.3) is 10.9 Å². The number of aliphatic hydroxyl groups is 1. The van der Waals surface area contributed by atoms with Crippen molar-refractivity contribution in [3.05, 3.63) is 42.1 Å². The number of rotatable bonds is 3. The van der Waals surface area contributed by atoms with E-state index in [4.69, 9.17) is 0 Å². The van der Waals surface area contributed by atoms with E-state index < -0.39 is 6.04 Å². The highest BCUT2D eigenvalue weighted by Gasteiger charge is 2.60. The summed E-state index contributed by atoms with van der Waals surface area (Å²) in [6.45, 7) is 11.2. The molecule has 6 aliphatic rings. The van der Waals surface area contributed by atoms with Crippen LogP contribution >= 0.6 is 0 Å². The molecule has 4 aliphatic carbocycles. The Bertz CT molecular complexity index is 1490. The van der Waals surface area contributed by atoms with Crippen LogP contribution in [-0.4, -0.2) is 87.5 Å². The number of carbonyl (C=O) groups excluding carboxylic acids is 2. The summed E-state index contributed by atoms with van der Waals surface area (Å²) in [6.07, 6.45) is 11.5. The average molecular weight is 627 g/mol. The molecule has 0 spiro atoms. The topological polar surface area (TPSA) is 77.0 Å². The molecule has 7 nitrogen and oxygen atoms in total. The van der Waals surface area contributed by atoms with Crippen molar-refractivity contribution in [3.63, 3.8) is 0 Å². The number of fused-ring (bicyclic) bond motifs is 6. The zero-order valence-electron chi connectivity index (χ0n) is 28.2. The van der Waals surface area contributed by atoms with E-state index in [0.29, 0.717) is 48.5 Å². The van der Waals surface area contributed by atoms with Crippen molar-refractivity contribution >= 4 is 22.7 Å². The lowest BCUT2D eigenvalue weighted by Crippen LogP contribution is -2.62. The summed E-state index contributed by atoms with van der Waals surface area (Å²) < 4.78 is 0. The highest BCUT2D eigenvalue weighted by Crippen LogP contribution is 2.67. The molecule has 1 N–H and O–H groups in total. The standard InChI is InChI=1S/C39H54N4O3/c1-25-10-14-29-28-13-12-27-23-35(44)34(24-39(27,3)30(28)16-17-38(25,29)2)41-19-21-42(22-20-41)37(46)33-9-6-18-43(33)36(45)32-15-11-26-7-4-5-8-31(26)40-32/h4-5,7-8,11,15,25,27-30,33-35,44H,6,9-10,12-14,16-24H2,1-3H3/t25-,27?,28?,29?,30?,33-,34-,35-,38+,39-/m0/s1. The molecule has 8 rings (SSSR count). The molecule has 0 bridgehead atoms. The van der Waals surface area contributed by atoms with Crippen LogP contribution in [0.3, 0.4) is 0 Å². The molecule has 46 heavy (non-hydrogen) atoms. The van der Waals surface area contributed by atoms with E-state index in [0.717, 1.165) is 66.9 Å². The number of carbonyl (C=O) groups is 2. The Morgan fingerprint density at radius 1 is 0.870 bits per heavy atom. The number of aromatic nitrogens is 1. The smallest absolute Gasteiger partial charge is 0.273 e. The van der Waals surface area contributed by atoms with Crippen molar-refractivity contribution in [1.29, 1.82) is 0 Å². The van der Waals surface area contributed by atoms with Crippen LogP contribution in [0, 0.1) is 40.4 Å². The Balaban J connectivity index is 0.922. The summed E-state index contributed by atoms with van der Waals surface area (Å²) in [5.41, 5.74) is 2.05. The molecule has 2 amide bonds. The van der Waals surface area contributed by atoms with Gasteiger partial charge in [-0.15, -0.1) is 0 Å². The highest BCUT2D eigenvalue weighted by atomic mass is 16.3. The molecule has 2 saturated heterocycles. The van der Waals surface area contributed by atoms with Gasteiger partial charge in [-0.25, -0.2) is 4.98 Å². The number of pyridine rings is 1. The maximum absolute atomic E-state index is 13.9. The third kappa shape index (κ3) is 4.84. The fraction of sp³-hybridized carbons (Fsp3) is 0.718. The monoisotopic (exact) mass is 626 g/mol. The van der Waals surface area contributed by atoms with Crippen LogP contribution in [0.4, 0.5) is 0 Å². The molecule has 1 aromatic heterocycles.